The van der Waals surface area contributed by atoms with E-state index in [2.05, 4.69) is 4.99 Å². The van der Waals surface area contributed by atoms with Gasteiger partial charge in [-0.25, -0.2) is 4.79 Å². The molecule has 0 aliphatic rings. The normalized spacial score (nSPS) is 11.0. The molecule has 18 heavy (non-hydrogen) atoms. The lowest BCUT2D eigenvalue weighted by atomic mass is 10.1. The fraction of sp³-hybridized carbons (Fsp3) is 0.0769. The quantitative estimate of drug-likeness (QED) is 0.858. The van der Waals surface area contributed by atoms with Gasteiger partial charge in [0.25, 0.3) is 0 Å². The van der Waals surface area contributed by atoms with E-state index in [1.165, 1.54) is 11.3 Å². The number of carbonyl (C=O) groups is 1. The Balaban J connectivity index is 2.24. The van der Waals surface area contributed by atoms with Crippen LogP contribution in [0.3, 0.4) is 0 Å². The molecule has 2 aromatic rings. The fourth-order valence-corrected chi connectivity index (χ4v) is 2.40. The van der Waals surface area contributed by atoms with E-state index in [0.717, 1.165) is 20.5 Å². The molecule has 0 aliphatic carbocycles. The average molecular weight is 280 g/mol. The number of aromatic carboxylic acids is 1. The SMILES string of the molecule is Cc1cc(C(=O)O)ccc1N=Cc1ccc(Cl)s1. The lowest BCUT2D eigenvalue weighted by Crippen LogP contribution is -1.95. The first kappa shape index (κ1) is 12.8. The van der Waals surface area contributed by atoms with Crippen LogP contribution in [0.25, 0.3) is 0 Å². The zero-order valence-corrected chi connectivity index (χ0v) is 11.1. The number of benzene rings is 1. The van der Waals surface area contributed by atoms with Gasteiger partial charge in [0, 0.05) is 11.1 Å². The van der Waals surface area contributed by atoms with Gasteiger partial charge >= 0.3 is 5.97 Å². The molecule has 0 amide bonds. The molecule has 0 atom stereocenters. The first-order valence-corrected chi connectivity index (χ1v) is 6.39. The number of aliphatic imine (C=N–C) groups is 1. The van der Waals surface area contributed by atoms with Crippen LogP contribution in [0, 0.1) is 6.92 Å². The van der Waals surface area contributed by atoms with Crippen LogP contribution >= 0.6 is 22.9 Å². The van der Waals surface area contributed by atoms with Crippen molar-refractivity contribution in [1.29, 1.82) is 0 Å². The van der Waals surface area contributed by atoms with Crippen molar-refractivity contribution in [1.82, 2.24) is 0 Å². The molecule has 5 heteroatoms. The number of hydrogen-bond acceptors (Lipinski definition) is 3. The number of thiophene rings is 1. The predicted molar refractivity (Wildman–Crippen MR) is 74.7 cm³/mol. The molecule has 1 aromatic carbocycles. The van der Waals surface area contributed by atoms with Gasteiger partial charge in [-0.2, -0.15) is 0 Å². The van der Waals surface area contributed by atoms with Gasteiger partial charge < -0.3 is 5.11 Å². The minimum atomic E-state index is -0.932. The van der Waals surface area contributed by atoms with Crippen molar-refractivity contribution in [3.63, 3.8) is 0 Å². The van der Waals surface area contributed by atoms with Crippen molar-refractivity contribution < 1.29 is 9.90 Å². The zero-order chi connectivity index (χ0) is 13.1. The second-order valence-electron chi connectivity index (χ2n) is 3.71. The summed E-state index contributed by atoms with van der Waals surface area (Å²) in [6.07, 6.45) is 1.72. The smallest absolute Gasteiger partial charge is 0.335 e. The molecule has 1 heterocycles. The number of halogens is 1. The van der Waals surface area contributed by atoms with Crippen LogP contribution in [-0.4, -0.2) is 17.3 Å². The maximum absolute atomic E-state index is 10.8. The van der Waals surface area contributed by atoms with E-state index in [1.807, 2.05) is 19.1 Å². The maximum Gasteiger partial charge on any atom is 0.335 e. The Kier molecular flexibility index (Phi) is 3.79. The fourth-order valence-electron chi connectivity index (χ4n) is 1.46. The molecular weight excluding hydrogens is 270 g/mol. The summed E-state index contributed by atoms with van der Waals surface area (Å²) in [5.74, 6) is -0.932. The molecular formula is C13H10ClNO2S. The average Bonchev–Trinajstić information content (AvgIpc) is 2.73. The molecule has 3 nitrogen and oxygen atoms in total. The van der Waals surface area contributed by atoms with Crippen LogP contribution in [-0.2, 0) is 0 Å². The summed E-state index contributed by atoms with van der Waals surface area (Å²) in [4.78, 5) is 16.1. The van der Waals surface area contributed by atoms with Gasteiger partial charge in [0.2, 0.25) is 0 Å². The summed E-state index contributed by atoms with van der Waals surface area (Å²) in [7, 11) is 0. The number of carboxylic acids is 1. The van der Waals surface area contributed by atoms with Gasteiger partial charge in [-0.05, 0) is 42.8 Å². The molecule has 92 valence electrons. The molecule has 0 radical (unpaired) electrons. The van der Waals surface area contributed by atoms with Gasteiger partial charge in [0.1, 0.15) is 0 Å². The van der Waals surface area contributed by atoms with E-state index in [1.54, 1.807) is 24.4 Å². The molecule has 0 spiro atoms. The van der Waals surface area contributed by atoms with Crippen LogP contribution in [0.2, 0.25) is 4.34 Å². The molecule has 1 N–H and O–H groups in total. The summed E-state index contributed by atoms with van der Waals surface area (Å²) >= 11 is 7.26. The summed E-state index contributed by atoms with van der Waals surface area (Å²) in [6, 6.07) is 8.55. The second-order valence-corrected chi connectivity index (χ2v) is 5.45. The summed E-state index contributed by atoms with van der Waals surface area (Å²) < 4.78 is 0.717. The second kappa shape index (κ2) is 5.33. The number of rotatable bonds is 3. The van der Waals surface area contributed by atoms with E-state index in [4.69, 9.17) is 16.7 Å². The van der Waals surface area contributed by atoms with Crippen molar-refractivity contribution >= 4 is 40.8 Å². The number of hydrogen-bond donors (Lipinski definition) is 1. The highest BCUT2D eigenvalue weighted by atomic mass is 35.5. The third-order valence-corrected chi connectivity index (χ3v) is 3.53. The number of carboxylic acid groups (broad SMARTS) is 1. The lowest BCUT2D eigenvalue weighted by Gasteiger charge is -2.01. The standard InChI is InChI=1S/C13H10ClNO2S/c1-8-6-9(13(16)17)2-4-11(8)15-7-10-3-5-12(14)18-10/h2-7H,1H3,(H,16,17). The Hall–Kier alpha value is -1.65. The Morgan fingerprint density at radius 2 is 2.17 bits per heavy atom. The Morgan fingerprint density at radius 3 is 2.72 bits per heavy atom. The van der Waals surface area contributed by atoms with Gasteiger partial charge in [-0.3, -0.25) is 4.99 Å². The molecule has 0 bridgehead atoms. The molecule has 0 aliphatic heterocycles. The Bertz CT molecular complexity index is 619. The third-order valence-electron chi connectivity index (χ3n) is 2.37. The Morgan fingerprint density at radius 1 is 1.39 bits per heavy atom. The monoisotopic (exact) mass is 279 g/mol. The zero-order valence-electron chi connectivity index (χ0n) is 9.55. The molecule has 0 unspecified atom stereocenters. The first-order chi connectivity index (χ1) is 8.56. The highest BCUT2D eigenvalue weighted by molar-refractivity contribution is 7.17. The van der Waals surface area contributed by atoms with Crippen molar-refractivity contribution in [2.75, 3.05) is 0 Å². The van der Waals surface area contributed by atoms with E-state index in [9.17, 15) is 4.79 Å². The Labute approximate surface area is 113 Å². The highest BCUT2D eigenvalue weighted by Crippen LogP contribution is 2.23. The van der Waals surface area contributed by atoms with Gasteiger partial charge in [-0.15, -0.1) is 11.3 Å². The lowest BCUT2D eigenvalue weighted by molar-refractivity contribution is 0.0697. The number of nitrogens with zero attached hydrogens (tertiary/aromatic N) is 1. The maximum atomic E-state index is 10.8. The van der Waals surface area contributed by atoms with Crippen molar-refractivity contribution in [3.8, 4) is 0 Å². The molecule has 0 saturated carbocycles. The third kappa shape index (κ3) is 2.97. The number of aryl methyl sites for hydroxylation is 1. The van der Waals surface area contributed by atoms with E-state index in [-0.39, 0.29) is 5.56 Å². The first-order valence-electron chi connectivity index (χ1n) is 5.19. The van der Waals surface area contributed by atoms with Crippen LogP contribution in [0.4, 0.5) is 5.69 Å². The molecule has 0 saturated heterocycles. The molecule has 2 rings (SSSR count). The molecule has 0 fully saturated rings. The molecule has 1 aromatic heterocycles. The van der Waals surface area contributed by atoms with Crippen LogP contribution in [0.5, 0.6) is 0 Å². The summed E-state index contributed by atoms with van der Waals surface area (Å²) in [5, 5.41) is 8.86. The summed E-state index contributed by atoms with van der Waals surface area (Å²) in [6.45, 7) is 1.83. The van der Waals surface area contributed by atoms with E-state index in [0.29, 0.717) is 0 Å². The van der Waals surface area contributed by atoms with E-state index < -0.39 is 5.97 Å². The minimum absolute atomic E-state index is 0.269. The van der Waals surface area contributed by atoms with Crippen molar-refractivity contribution in [3.05, 3.63) is 50.7 Å². The van der Waals surface area contributed by atoms with Crippen molar-refractivity contribution in [2.24, 2.45) is 4.99 Å². The van der Waals surface area contributed by atoms with E-state index >= 15 is 0 Å². The predicted octanol–water partition coefficient (Wildman–Crippen LogP) is 4.16. The van der Waals surface area contributed by atoms with Gasteiger partial charge in [-0.1, -0.05) is 11.6 Å². The minimum Gasteiger partial charge on any atom is -0.478 e. The van der Waals surface area contributed by atoms with Crippen molar-refractivity contribution in [2.45, 2.75) is 6.92 Å². The topological polar surface area (TPSA) is 49.7 Å². The van der Waals surface area contributed by atoms with Crippen LogP contribution < -0.4 is 0 Å². The summed E-state index contributed by atoms with van der Waals surface area (Å²) in [5.41, 5.74) is 1.85. The van der Waals surface area contributed by atoms with Gasteiger partial charge in [0.05, 0.1) is 15.6 Å². The van der Waals surface area contributed by atoms with Crippen LogP contribution in [0.1, 0.15) is 20.8 Å². The van der Waals surface area contributed by atoms with Gasteiger partial charge in [0.15, 0.2) is 0 Å². The highest BCUT2D eigenvalue weighted by Gasteiger charge is 2.04. The largest absolute Gasteiger partial charge is 0.478 e. The van der Waals surface area contributed by atoms with Crippen LogP contribution in [0.15, 0.2) is 35.3 Å².